The molecule has 0 saturated heterocycles. The summed E-state index contributed by atoms with van der Waals surface area (Å²) >= 11 is 0. The third kappa shape index (κ3) is 2.63. The maximum absolute atomic E-state index is 11.5. The molecule has 86 valence electrons. The number of primary amides is 1. The van der Waals surface area contributed by atoms with Gasteiger partial charge in [0.15, 0.2) is 11.5 Å². The highest BCUT2D eigenvalue weighted by Gasteiger charge is 2.14. The predicted octanol–water partition coefficient (Wildman–Crippen LogP) is -0.384. The number of phenolic OH excluding ortho intramolecular Hbond substituents is 1. The SMILES string of the molecule is COc1cccc(C(=O)NCC(N)=O)c1O. The van der Waals surface area contributed by atoms with Crippen molar-refractivity contribution < 1.29 is 19.4 Å². The third-order valence-electron chi connectivity index (χ3n) is 1.89. The maximum Gasteiger partial charge on any atom is 0.255 e. The number of hydrogen-bond acceptors (Lipinski definition) is 4. The second kappa shape index (κ2) is 5.01. The molecular formula is C10H12N2O4. The van der Waals surface area contributed by atoms with Gasteiger partial charge in [-0.2, -0.15) is 0 Å². The van der Waals surface area contributed by atoms with Gasteiger partial charge in [-0.1, -0.05) is 6.07 Å². The molecule has 0 spiro atoms. The summed E-state index contributed by atoms with van der Waals surface area (Å²) in [5.41, 5.74) is 4.90. The number of ether oxygens (including phenoxy) is 1. The molecular weight excluding hydrogens is 212 g/mol. The number of para-hydroxylation sites is 1. The van der Waals surface area contributed by atoms with E-state index >= 15 is 0 Å². The van der Waals surface area contributed by atoms with Gasteiger partial charge < -0.3 is 20.9 Å². The minimum Gasteiger partial charge on any atom is -0.504 e. The van der Waals surface area contributed by atoms with E-state index in [1.165, 1.54) is 19.2 Å². The lowest BCUT2D eigenvalue weighted by molar-refractivity contribution is -0.117. The quantitative estimate of drug-likeness (QED) is 0.648. The molecule has 0 bridgehead atoms. The van der Waals surface area contributed by atoms with Crippen LogP contribution in [0.2, 0.25) is 0 Å². The van der Waals surface area contributed by atoms with E-state index in [1.807, 2.05) is 0 Å². The van der Waals surface area contributed by atoms with E-state index in [9.17, 15) is 14.7 Å². The fourth-order valence-corrected chi connectivity index (χ4v) is 1.13. The van der Waals surface area contributed by atoms with Gasteiger partial charge in [0.2, 0.25) is 5.91 Å². The number of benzene rings is 1. The molecule has 0 fully saturated rings. The van der Waals surface area contributed by atoms with Crippen LogP contribution in [-0.2, 0) is 4.79 Å². The first-order valence-electron chi connectivity index (χ1n) is 4.48. The van der Waals surface area contributed by atoms with Crippen molar-refractivity contribution in [1.29, 1.82) is 0 Å². The molecule has 1 aromatic carbocycles. The standard InChI is InChI=1S/C10H12N2O4/c1-16-7-4-2-3-6(9(7)14)10(15)12-5-8(11)13/h2-4,14H,5H2,1H3,(H2,11,13)(H,12,15). The fraction of sp³-hybridized carbons (Fsp3) is 0.200. The summed E-state index contributed by atoms with van der Waals surface area (Å²) in [4.78, 5) is 22.0. The van der Waals surface area contributed by atoms with Crippen molar-refractivity contribution in [3.05, 3.63) is 23.8 Å². The second-order valence-electron chi connectivity index (χ2n) is 3.01. The number of rotatable bonds is 4. The Morgan fingerprint density at radius 2 is 2.19 bits per heavy atom. The van der Waals surface area contributed by atoms with Crippen LogP contribution in [0.25, 0.3) is 0 Å². The number of nitrogens with two attached hydrogens (primary N) is 1. The number of aromatic hydroxyl groups is 1. The van der Waals surface area contributed by atoms with E-state index in [0.717, 1.165) is 0 Å². The summed E-state index contributed by atoms with van der Waals surface area (Å²) in [5.74, 6) is -1.33. The van der Waals surface area contributed by atoms with Crippen LogP contribution in [0.5, 0.6) is 11.5 Å². The van der Waals surface area contributed by atoms with Crippen molar-refractivity contribution in [1.82, 2.24) is 5.32 Å². The van der Waals surface area contributed by atoms with Crippen LogP contribution in [0.3, 0.4) is 0 Å². The number of nitrogens with one attached hydrogen (secondary N) is 1. The Labute approximate surface area is 92.0 Å². The van der Waals surface area contributed by atoms with Gasteiger partial charge in [0.05, 0.1) is 19.2 Å². The Balaban J connectivity index is 2.87. The summed E-state index contributed by atoms with van der Waals surface area (Å²) in [6, 6.07) is 4.48. The van der Waals surface area contributed by atoms with E-state index in [0.29, 0.717) is 0 Å². The minimum absolute atomic E-state index is 0.0283. The molecule has 0 aliphatic heterocycles. The molecule has 6 nitrogen and oxygen atoms in total. The van der Waals surface area contributed by atoms with Crippen molar-refractivity contribution in [2.75, 3.05) is 13.7 Å². The summed E-state index contributed by atoms with van der Waals surface area (Å²) in [6.45, 7) is -0.282. The van der Waals surface area contributed by atoms with Crippen LogP contribution in [-0.4, -0.2) is 30.6 Å². The average molecular weight is 224 g/mol. The van der Waals surface area contributed by atoms with Crippen LogP contribution in [0, 0.1) is 0 Å². The van der Waals surface area contributed by atoms with Gasteiger partial charge in [0, 0.05) is 0 Å². The lowest BCUT2D eigenvalue weighted by Crippen LogP contribution is -2.33. The van der Waals surface area contributed by atoms with Crippen molar-refractivity contribution in [2.45, 2.75) is 0 Å². The van der Waals surface area contributed by atoms with E-state index in [-0.39, 0.29) is 23.6 Å². The largest absolute Gasteiger partial charge is 0.504 e. The fourth-order valence-electron chi connectivity index (χ4n) is 1.13. The zero-order valence-corrected chi connectivity index (χ0v) is 8.69. The first kappa shape index (κ1) is 11.8. The molecule has 2 amide bonds. The zero-order valence-electron chi connectivity index (χ0n) is 8.69. The molecule has 0 atom stereocenters. The van der Waals surface area contributed by atoms with E-state index in [2.05, 4.69) is 5.32 Å². The first-order valence-corrected chi connectivity index (χ1v) is 4.48. The van der Waals surface area contributed by atoms with Gasteiger partial charge in [-0.3, -0.25) is 9.59 Å². The average Bonchev–Trinajstić information content (AvgIpc) is 2.26. The van der Waals surface area contributed by atoms with E-state index in [4.69, 9.17) is 10.5 Å². The zero-order chi connectivity index (χ0) is 12.1. The molecule has 6 heteroatoms. The molecule has 0 aliphatic carbocycles. The Bertz CT molecular complexity index is 417. The Morgan fingerprint density at radius 1 is 1.50 bits per heavy atom. The Kier molecular flexibility index (Phi) is 3.71. The highest BCUT2D eigenvalue weighted by Crippen LogP contribution is 2.28. The normalized spacial score (nSPS) is 9.56. The molecule has 4 N–H and O–H groups in total. The van der Waals surface area contributed by atoms with Crippen molar-refractivity contribution in [3.63, 3.8) is 0 Å². The molecule has 0 heterocycles. The topological polar surface area (TPSA) is 102 Å². The number of methoxy groups -OCH3 is 1. The van der Waals surface area contributed by atoms with Gasteiger partial charge in [-0.05, 0) is 12.1 Å². The summed E-state index contributed by atoms with van der Waals surface area (Å²) in [6.07, 6.45) is 0. The van der Waals surface area contributed by atoms with Crippen LogP contribution in [0.4, 0.5) is 0 Å². The molecule has 1 rings (SSSR count). The minimum atomic E-state index is -0.657. The summed E-state index contributed by atoms with van der Waals surface area (Å²) < 4.78 is 4.84. The van der Waals surface area contributed by atoms with Crippen molar-refractivity contribution in [2.24, 2.45) is 5.73 Å². The second-order valence-corrected chi connectivity index (χ2v) is 3.01. The van der Waals surface area contributed by atoms with Gasteiger partial charge in [-0.15, -0.1) is 0 Å². The van der Waals surface area contributed by atoms with E-state index in [1.54, 1.807) is 6.07 Å². The molecule has 1 aromatic rings. The number of carbonyl (C=O) groups is 2. The smallest absolute Gasteiger partial charge is 0.255 e. The van der Waals surface area contributed by atoms with Crippen LogP contribution < -0.4 is 15.8 Å². The molecule has 0 radical (unpaired) electrons. The van der Waals surface area contributed by atoms with Gasteiger partial charge in [0.25, 0.3) is 5.91 Å². The van der Waals surface area contributed by atoms with Gasteiger partial charge >= 0.3 is 0 Å². The summed E-state index contributed by atoms with van der Waals surface area (Å²) in [7, 11) is 1.38. The number of amides is 2. The number of hydrogen-bond donors (Lipinski definition) is 3. The van der Waals surface area contributed by atoms with Crippen molar-refractivity contribution in [3.8, 4) is 11.5 Å². The highest BCUT2D eigenvalue weighted by atomic mass is 16.5. The van der Waals surface area contributed by atoms with Crippen molar-refractivity contribution >= 4 is 11.8 Å². The van der Waals surface area contributed by atoms with Gasteiger partial charge in [0.1, 0.15) is 0 Å². The summed E-state index contributed by atoms with van der Waals surface area (Å²) in [5, 5.41) is 11.9. The number of phenols is 1. The van der Waals surface area contributed by atoms with Crippen LogP contribution in [0.15, 0.2) is 18.2 Å². The van der Waals surface area contributed by atoms with E-state index < -0.39 is 11.8 Å². The molecule has 0 unspecified atom stereocenters. The van der Waals surface area contributed by atoms with Crippen LogP contribution >= 0.6 is 0 Å². The molecule has 16 heavy (non-hydrogen) atoms. The molecule has 0 saturated carbocycles. The monoisotopic (exact) mass is 224 g/mol. The van der Waals surface area contributed by atoms with Gasteiger partial charge in [-0.25, -0.2) is 0 Å². The lowest BCUT2D eigenvalue weighted by Gasteiger charge is -2.08. The van der Waals surface area contributed by atoms with Crippen LogP contribution in [0.1, 0.15) is 10.4 Å². The molecule has 0 aromatic heterocycles. The molecule has 0 aliphatic rings. The Hall–Kier alpha value is -2.24. The third-order valence-corrected chi connectivity index (χ3v) is 1.89. The maximum atomic E-state index is 11.5. The Morgan fingerprint density at radius 3 is 2.75 bits per heavy atom. The number of carbonyl (C=O) groups excluding carboxylic acids is 2. The predicted molar refractivity (Wildman–Crippen MR) is 56.2 cm³/mol. The first-order chi connectivity index (χ1) is 7.56. The lowest BCUT2D eigenvalue weighted by atomic mass is 10.1. The highest BCUT2D eigenvalue weighted by molar-refractivity contribution is 5.99.